The number of ketones is 1. The number of benzene rings is 3. The van der Waals surface area contributed by atoms with E-state index >= 15 is 0 Å². The summed E-state index contributed by atoms with van der Waals surface area (Å²) >= 11 is 6.07. The summed E-state index contributed by atoms with van der Waals surface area (Å²) in [4.78, 5) is 25.4. The Morgan fingerprint density at radius 3 is 2.64 bits per heavy atom. The lowest BCUT2D eigenvalue weighted by molar-refractivity contribution is 0.0734. The summed E-state index contributed by atoms with van der Waals surface area (Å²) in [5, 5.41) is 1.23. The van der Waals surface area contributed by atoms with E-state index < -0.39 is 5.97 Å². The number of Topliss-reactive ketones (excluding diaryl/α,β-unsaturated/α-hetero) is 1. The average molecular weight is 460 g/mol. The standard InChI is InChI=1S/C26H18ClNO5/c1-28-14-15(20-12-16(31-2)8-10-22(20)28)11-24-25(29)19-9-7-17(13-23(19)33-24)32-26(30)18-5-3-4-6-21(18)27/h3-14H,1-2H3. The summed E-state index contributed by atoms with van der Waals surface area (Å²) in [5.74, 6) is 0.658. The topological polar surface area (TPSA) is 66.8 Å². The van der Waals surface area contributed by atoms with Crippen molar-refractivity contribution in [2.45, 2.75) is 0 Å². The van der Waals surface area contributed by atoms with E-state index in [-0.39, 0.29) is 22.9 Å². The smallest absolute Gasteiger partial charge is 0.345 e. The number of ether oxygens (including phenoxy) is 3. The number of hydrogen-bond donors (Lipinski definition) is 0. The van der Waals surface area contributed by atoms with Gasteiger partial charge in [-0.15, -0.1) is 0 Å². The lowest BCUT2D eigenvalue weighted by atomic mass is 10.1. The number of allylic oxidation sites excluding steroid dienone is 1. The molecule has 6 nitrogen and oxygen atoms in total. The summed E-state index contributed by atoms with van der Waals surface area (Å²) in [6.45, 7) is 0. The molecule has 0 bridgehead atoms. The third-order valence-corrected chi connectivity index (χ3v) is 5.79. The molecular weight excluding hydrogens is 442 g/mol. The van der Waals surface area contributed by atoms with E-state index in [4.69, 9.17) is 25.8 Å². The second-order valence-corrected chi connectivity index (χ2v) is 7.95. The van der Waals surface area contributed by atoms with Crippen molar-refractivity contribution in [3.63, 3.8) is 0 Å². The molecule has 0 atom stereocenters. The van der Waals surface area contributed by atoms with Gasteiger partial charge in [0.1, 0.15) is 17.2 Å². The number of halogens is 1. The van der Waals surface area contributed by atoms with Crippen LogP contribution < -0.4 is 14.2 Å². The van der Waals surface area contributed by atoms with Crippen LogP contribution in [0.4, 0.5) is 0 Å². The minimum Gasteiger partial charge on any atom is -0.497 e. The highest BCUT2D eigenvalue weighted by Crippen LogP contribution is 2.36. The lowest BCUT2D eigenvalue weighted by Crippen LogP contribution is -2.09. The molecule has 33 heavy (non-hydrogen) atoms. The molecule has 1 aliphatic heterocycles. The molecule has 0 N–H and O–H groups in total. The van der Waals surface area contributed by atoms with Gasteiger partial charge in [0.25, 0.3) is 0 Å². The molecule has 0 radical (unpaired) electrons. The minimum absolute atomic E-state index is 0.190. The first kappa shape index (κ1) is 20.8. The summed E-state index contributed by atoms with van der Waals surface area (Å²) in [5.41, 5.74) is 2.48. The monoisotopic (exact) mass is 459 g/mol. The van der Waals surface area contributed by atoms with E-state index in [0.717, 1.165) is 22.2 Å². The minimum atomic E-state index is -0.592. The van der Waals surface area contributed by atoms with Gasteiger partial charge in [0.15, 0.2) is 5.76 Å². The number of fused-ring (bicyclic) bond motifs is 2. The first-order chi connectivity index (χ1) is 15.9. The fourth-order valence-electron chi connectivity index (χ4n) is 3.80. The Morgan fingerprint density at radius 2 is 1.85 bits per heavy atom. The number of aromatic nitrogens is 1. The van der Waals surface area contributed by atoms with Crippen LogP contribution in [0, 0.1) is 0 Å². The zero-order valence-corrected chi connectivity index (χ0v) is 18.6. The van der Waals surface area contributed by atoms with Crippen LogP contribution >= 0.6 is 11.6 Å². The van der Waals surface area contributed by atoms with E-state index in [1.54, 1.807) is 49.6 Å². The van der Waals surface area contributed by atoms with E-state index in [1.807, 2.05) is 36.0 Å². The van der Waals surface area contributed by atoms with Gasteiger partial charge in [-0.25, -0.2) is 4.79 Å². The Hall–Kier alpha value is -4.03. The average Bonchev–Trinajstić information content (AvgIpc) is 3.29. The highest BCUT2D eigenvalue weighted by atomic mass is 35.5. The van der Waals surface area contributed by atoms with Crippen molar-refractivity contribution < 1.29 is 23.8 Å². The Balaban J connectivity index is 1.44. The van der Waals surface area contributed by atoms with Crippen LogP contribution in [0.25, 0.3) is 17.0 Å². The largest absolute Gasteiger partial charge is 0.497 e. The SMILES string of the molecule is COc1ccc2c(c1)c(C=C1Oc3cc(OC(=O)c4ccccc4Cl)ccc3C1=O)cn2C. The van der Waals surface area contributed by atoms with Crippen molar-refractivity contribution in [2.75, 3.05) is 7.11 Å². The van der Waals surface area contributed by atoms with Crippen molar-refractivity contribution in [2.24, 2.45) is 7.05 Å². The van der Waals surface area contributed by atoms with Gasteiger partial charge >= 0.3 is 5.97 Å². The molecule has 0 amide bonds. The van der Waals surface area contributed by atoms with Gasteiger partial charge in [-0.1, -0.05) is 23.7 Å². The summed E-state index contributed by atoms with van der Waals surface area (Å²) in [6, 6.07) is 17.1. The first-order valence-electron chi connectivity index (χ1n) is 10.1. The number of rotatable bonds is 4. The van der Waals surface area contributed by atoms with Crippen LogP contribution in [0.3, 0.4) is 0 Å². The highest BCUT2D eigenvalue weighted by molar-refractivity contribution is 6.33. The number of nitrogens with zero attached hydrogens (tertiary/aromatic N) is 1. The maximum atomic E-state index is 12.9. The van der Waals surface area contributed by atoms with Gasteiger partial charge in [0.2, 0.25) is 5.78 Å². The molecule has 4 aromatic rings. The third-order valence-electron chi connectivity index (χ3n) is 5.46. The summed E-state index contributed by atoms with van der Waals surface area (Å²) in [6.07, 6.45) is 3.63. The van der Waals surface area contributed by atoms with Crippen molar-refractivity contribution in [3.8, 4) is 17.2 Å². The number of esters is 1. The molecule has 0 saturated carbocycles. The second kappa shape index (κ2) is 8.15. The Kier molecular flexibility index (Phi) is 5.15. The number of aryl methyl sites for hydroxylation is 1. The van der Waals surface area contributed by atoms with Gasteiger partial charge in [-0.05, 0) is 48.5 Å². The molecule has 0 aliphatic carbocycles. The molecule has 164 valence electrons. The number of carbonyl (C=O) groups is 2. The van der Waals surface area contributed by atoms with E-state index in [0.29, 0.717) is 16.3 Å². The molecule has 3 aromatic carbocycles. The first-order valence-corrected chi connectivity index (χ1v) is 10.5. The van der Waals surface area contributed by atoms with Crippen LogP contribution in [0.2, 0.25) is 5.02 Å². The van der Waals surface area contributed by atoms with E-state index in [2.05, 4.69) is 0 Å². The van der Waals surface area contributed by atoms with Gasteiger partial charge in [0, 0.05) is 35.8 Å². The molecule has 0 spiro atoms. The summed E-state index contributed by atoms with van der Waals surface area (Å²) < 4.78 is 18.6. The molecule has 2 heterocycles. The quantitative estimate of drug-likeness (QED) is 0.223. The second-order valence-electron chi connectivity index (χ2n) is 7.55. The van der Waals surface area contributed by atoms with Crippen LogP contribution in [0.1, 0.15) is 26.3 Å². The molecule has 5 rings (SSSR count). The third kappa shape index (κ3) is 3.75. The number of carbonyl (C=O) groups excluding carboxylic acids is 2. The van der Waals surface area contributed by atoms with Crippen molar-refractivity contribution in [1.29, 1.82) is 0 Å². The van der Waals surface area contributed by atoms with E-state index in [9.17, 15) is 9.59 Å². The van der Waals surface area contributed by atoms with Crippen LogP contribution in [-0.2, 0) is 7.05 Å². The number of methoxy groups -OCH3 is 1. The van der Waals surface area contributed by atoms with E-state index in [1.165, 1.54) is 6.07 Å². The van der Waals surface area contributed by atoms with Gasteiger partial charge in [0.05, 0.1) is 23.3 Å². The van der Waals surface area contributed by atoms with Crippen LogP contribution in [0.15, 0.2) is 72.6 Å². The zero-order valence-electron chi connectivity index (χ0n) is 17.8. The lowest BCUT2D eigenvalue weighted by Gasteiger charge is -2.06. The van der Waals surface area contributed by atoms with Crippen molar-refractivity contribution >= 4 is 40.3 Å². The van der Waals surface area contributed by atoms with Gasteiger partial charge < -0.3 is 18.8 Å². The Bertz CT molecular complexity index is 1470. The molecular formula is C26H18ClNO5. The predicted molar refractivity (Wildman–Crippen MR) is 125 cm³/mol. The normalized spacial score (nSPS) is 13.8. The Labute approximate surface area is 194 Å². The van der Waals surface area contributed by atoms with Crippen molar-refractivity contribution in [3.05, 3.63) is 94.3 Å². The maximum Gasteiger partial charge on any atom is 0.345 e. The fourth-order valence-corrected chi connectivity index (χ4v) is 4.02. The summed E-state index contributed by atoms with van der Waals surface area (Å²) in [7, 11) is 3.54. The van der Waals surface area contributed by atoms with Crippen LogP contribution in [0.5, 0.6) is 17.2 Å². The van der Waals surface area contributed by atoms with Crippen LogP contribution in [-0.4, -0.2) is 23.4 Å². The van der Waals surface area contributed by atoms with Crippen molar-refractivity contribution in [1.82, 2.24) is 4.57 Å². The molecule has 1 aromatic heterocycles. The highest BCUT2D eigenvalue weighted by Gasteiger charge is 2.28. The predicted octanol–water partition coefficient (Wildman–Crippen LogP) is 5.68. The molecule has 0 unspecified atom stereocenters. The fraction of sp³-hybridized carbons (Fsp3) is 0.0769. The Morgan fingerprint density at radius 1 is 1.06 bits per heavy atom. The zero-order chi connectivity index (χ0) is 23.1. The maximum absolute atomic E-state index is 12.9. The van der Waals surface area contributed by atoms with Gasteiger partial charge in [-0.3, -0.25) is 4.79 Å². The number of hydrogen-bond acceptors (Lipinski definition) is 5. The molecule has 7 heteroatoms. The molecule has 1 aliphatic rings. The molecule has 0 saturated heterocycles. The molecule has 0 fully saturated rings. The van der Waals surface area contributed by atoms with Gasteiger partial charge in [-0.2, -0.15) is 0 Å².